The number of nitrogens with zero attached hydrogens (tertiary/aromatic N) is 2. The SMILES string of the molecule is CCc1ccc(C2C(C(=O)c3cccs3)=C(O)C(=O)N2c2nc3c(C)cc(C)cc3s2)cc1. The third-order valence-electron chi connectivity index (χ3n) is 5.93. The predicted octanol–water partition coefficient (Wildman–Crippen LogP) is 6.32. The number of aliphatic hydroxyl groups excluding tert-OH is 1. The zero-order valence-corrected chi connectivity index (χ0v) is 20.1. The lowest BCUT2D eigenvalue weighted by Crippen LogP contribution is -2.30. The Balaban J connectivity index is 1.69. The summed E-state index contributed by atoms with van der Waals surface area (Å²) in [5, 5.41) is 13.2. The van der Waals surface area contributed by atoms with Gasteiger partial charge in [0.05, 0.1) is 26.7 Å². The molecule has 0 radical (unpaired) electrons. The quantitative estimate of drug-likeness (QED) is 0.344. The topological polar surface area (TPSA) is 70.5 Å². The molecule has 1 atom stereocenters. The number of benzene rings is 2. The Labute approximate surface area is 199 Å². The van der Waals surface area contributed by atoms with Crippen LogP contribution in [-0.4, -0.2) is 21.8 Å². The molecular weight excluding hydrogens is 452 g/mol. The highest BCUT2D eigenvalue weighted by atomic mass is 32.1. The number of carbonyl (C=O) groups is 2. The van der Waals surface area contributed by atoms with Gasteiger partial charge in [-0.1, -0.05) is 54.7 Å². The number of thiazole rings is 1. The van der Waals surface area contributed by atoms with Crippen molar-refractivity contribution in [3.63, 3.8) is 0 Å². The van der Waals surface area contributed by atoms with Crippen LogP contribution in [0.2, 0.25) is 0 Å². The summed E-state index contributed by atoms with van der Waals surface area (Å²) in [5.74, 6) is -1.45. The molecular formula is C26H22N2O3S2. The minimum Gasteiger partial charge on any atom is -0.503 e. The van der Waals surface area contributed by atoms with Gasteiger partial charge in [-0.2, -0.15) is 0 Å². The molecule has 4 aromatic rings. The minimum atomic E-state index is -0.750. The lowest BCUT2D eigenvalue weighted by molar-refractivity contribution is -0.117. The molecule has 3 heterocycles. The van der Waals surface area contributed by atoms with E-state index in [0.29, 0.717) is 10.0 Å². The summed E-state index contributed by atoms with van der Waals surface area (Å²) in [5.41, 5.74) is 4.97. The molecule has 7 heteroatoms. The number of aryl methyl sites for hydroxylation is 3. The fourth-order valence-electron chi connectivity index (χ4n) is 4.29. The number of ketones is 1. The van der Waals surface area contributed by atoms with Crippen molar-refractivity contribution in [1.82, 2.24) is 4.98 Å². The average molecular weight is 475 g/mol. The molecule has 0 bridgehead atoms. The third-order valence-corrected chi connectivity index (χ3v) is 7.80. The molecule has 5 rings (SSSR count). The predicted molar refractivity (Wildman–Crippen MR) is 133 cm³/mol. The Kier molecular flexibility index (Phi) is 5.38. The van der Waals surface area contributed by atoms with Crippen molar-refractivity contribution >= 4 is 49.7 Å². The maximum atomic E-state index is 13.4. The van der Waals surface area contributed by atoms with Crippen molar-refractivity contribution in [1.29, 1.82) is 0 Å². The standard InChI is InChI=1S/C26H22N2O3S2/c1-4-16-7-9-17(10-8-16)22-20(23(29)18-6-5-11-32-18)24(30)25(31)28(22)26-27-21-15(3)12-14(2)13-19(21)33-26/h5-13,22,30H,4H2,1-3H3. The Morgan fingerprint density at radius 2 is 1.91 bits per heavy atom. The van der Waals surface area contributed by atoms with Gasteiger partial charge >= 0.3 is 0 Å². The number of thiophene rings is 1. The molecule has 166 valence electrons. The van der Waals surface area contributed by atoms with Crippen molar-refractivity contribution < 1.29 is 14.7 Å². The largest absolute Gasteiger partial charge is 0.503 e. The van der Waals surface area contributed by atoms with E-state index in [1.165, 1.54) is 27.6 Å². The van der Waals surface area contributed by atoms with Crippen molar-refractivity contribution in [2.45, 2.75) is 33.2 Å². The number of amides is 1. The van der Waals surface area contributed by atoms with E-state index in [-0.39, 0.29) is 11.4 Å². The monoisotopic (exact) mass is 474 g/mol. The number of anilines is 1. The van der Waals surface area contributed by atoms with Crippen LogP contribution in [0, 0.1) is 13.8 Å². The zero-order chi connectivity index (χ0) is 23.3. The molecule has 1 aliphatic rings. The van der Waals surface area contributed by atoms with E-state index in [1.54, 1.807) is 12.1 Å². The summed E-state index contributed by atoms with van der Waals surface area (Å²) in [6.45, 7) is 6.09. The van der Waals surface area contributed by atoms with E-state index >= 15 is 0 Å². The fraction of sp³-hybridized carbons (Fsp3) is 0.192. The first-order valence-corrected chi connectivity index (χ1v) is 12.4. The molecule has 0 saturated heterocycles. The van der Waals surface area contributed by atoms with E-state index in [2.05, 4.69) is 13.0 Å². The molecule has 5 nitrogen and oxygen atoms in total. The number of aromatic nitrogens is 1. The summed E-state index contributed by atoms with van der Waals surface area (Å²) in [6, 6.07) is 14.7. The second-order valence-corrected chi connectivity index (χ2v) is 10.1. The van der Waals surface area contributed by atoms with Crippen LogP contribution >= 0.6 is 22.7 Å². The van der Waals surface area contributed by atoms with Gasteiger partial charge in [0.25, 0.3) is 5.91 Å². The summed E-state index contributed by atoms with van der Waals surface area (Å²) >= 11 is 2.68. The molecule has 2 aromatic heterocycles. The number of aliphatic hydroxyl groups is 1. The summed E-state index contributed by atoms with van der Waals surface area (Å²) in [4.78, 5) is 33.5. The van der Waals surface area contributed by atoms with Crippen molar-refractivity contribution in [2.24, 2.45) is 0 Å². The number of hydrogen-bond acceptors (Lipinski definition) is 6. The molecule has 1 N–H and O–H groups in total. The zero-order valence-electron chi connectivity index (χ0n) is 18.5. The molecule has 1 aliphatic heterocycles. The molecule has 0 aliphatic carbocycles. The second-order valence-electron chi connectivity index (χ2n) is 8.17. The molecule has 33 heavy (non-hydrogen) atoms. The summed E-state index contributed by atoms with van der Waals surface area (Å²) < 4.78 is 0.966. The molecule has 1 unspecified atom stereocenters. The Morgan fingerprint density at radius 3 is 2.58 bits per heavy atom. The second kappa shape index (κ2) is 8.24. The molecule has 0 spiro atoms. The molecule has 2 aromatic carbocycles. The minimum absolute atomic E-state index is 0.0962. The molecule has 1 amide bonds. The average Bonchev–Trinajstić information content (AvgIpc) is 3.53. The van der Waals surface area contributed by atoms with Crippen molar-refractivity contribution in [3.8, 4) is 0 Å². The maximum Gasteiger partial charge on any atom is 0.296 e. The van der Waals surface area contributed by atoms with Gasteiger partial charge < -0.3 is 5.11 Å². The smallest absolute Gasteiger partial charge is 0.296 e. The summed E-state index contributed by atoms with van der Waals surface area (Å²) in [7, 11) is 0. The van der Waals surface area contributed by atoms with Crippen molar-refractivity contribution in [3.05, 3.63) is 92.4 Å². The first kappa shape index (κ1) is 21.6. The van der Waals surface area contributed by atoms with Crippen LogP contribution in [0.4, 0.5) is 5.13 Å². The summed E-state index contributed by atoms with van der Waals surface area (Å²) in [6.07, 6.45) is 0.881. The van der Waals surface area contributed by atoms with Gasteiger partial charge in [0.1, 0.15) is 0 Å². The van der Waals surface area contributed by atoms with Gasteiger partial charge in [0.15, 0.2) is 10.9 Å². The van der Waals surface area contributed by atoms with E-state index in [4.69, 9.17) is 4.98 Å². The van der Waals surface area contributed by atoms with E-state index < -0.39 is 17.7 Å². The third kappa shape index (κ3) is 3.57. The van der Waals surface area contributed by atoms with E-state index in [9.17, 15) is 14.7 Å². The van der Waals surface area contributed by atoms with Gasteiger partial charge in [-0.3, -0.25) is 14.5 Å². The van der Waals surface area contributed by atoms with Gasteiger partial charge in [-0.15, -0.1) is 11.3 Å². The van der Waals surface area contributed by atoms with Crippen LogP contribution in [0.5, 0.6) is 0 Å². The van der Waals surface area contributed by atoms with Gasteiger partial charge in [-0.25, -0.2) is 4.98 Å². The van der Waals surface area contributed by atoms with E-state index in [0.717, 1.165) is 38.9 Å². The van der Waals surface area contributed by atoms with Crippen molar-refractivity contribution in [2.75, 3.05) is 4.90 Å². The number of fused-ring (bicyclic) bond motifs is 1. The van der Waals surface area contributed by atoms with Crippen LogP contribution in [-0.2, 0) is 11.2 Å². The first-order valence-electron chi connectivity index (χ1n) is 10.7. The van der Waals surface area contributed by atoms with E-state index in [1.807, 2.05) is 49.6 Å². The van der Waals surface area contributed by atoms with Crippen LogP contribution < -0.4 is 4.90 Å². The van der Waals surface area contributed by atoms with Crippen LogP contribution in [0.1, 0.15) is 44.9 Å². The Hall–Kier alpha value is -3.29. The molecule has 0 fully saturated rings. The molecule has 0 saturated carbocycles. The highest BCUT2D eigenvalue weighted by Gasteiger charge is 2.46. The van der Waals surface area contributed by atoms with Crippen LogP contribution in [0.3, 0.4) is 0 Å². The first-order chi connectivity index (χ1) is 15.9. The van der Waals surface area contributed by atoms with Crippen LogP contribution in [0.25, 0.3) is 10.2 Å². The van der Waals surface area contributed by atoms with Crippen LogP contribution in [0.15, 0.2) is 65.2 Å². The number of hydrogen-bond donors (Lipinski definition) is 1. The van der Waals surface area contributed by atoms with Gasteiger partial charge in [0, 0.05) is 0 Å². The fourth-order valence-corrected chi connectivity index (χ4v) is 6.13. The van der Waals surface area contributed by atoms with Gasteiger partial charge in [0.2, 0.25) is 5.78 Å². The Morgan fingerprint density at radius 1 is 1.15 bits per heavy atom. The van der Waals surface area contributed by atoms with Gasteiger partial charge in [-0.05, 0) is 60.0 Å². The number of carbonyl (C=O) groups excluding carboxylic acids is 2. The highest BCUT2D eigenvalue weighted by molar-refractivity contribution is 7.22. The number of Topliss-reactive ketones (excluding diaryl/α,β-unsaturated/α-hetero) is 1. The highest BCUT2D eigenvalue weighted by Crippen LogP contribution is 2.44. The lowest BCUT2D eigenvalue weighted by Gasteiger charge is -2.24. The normalized spacial score (nSPS) is 16.3. The number of rotatable bonds is 5. The Bertz CT molecular complexity index is 1420. The maximum absolute atomic E-state index is 13.4. The lowest BCUT2D eigenvalue weighted by atomic mass is 9.94.